The summed E-state index contributed by atoms with van der Waals surface area (Å²) in [5.41, 5.74) is 0.854. The summed E-state index contributed by atoms with van der Waals surface area (Å²) in [7, 11) is 1.57. The molecule has 0 aliphatic rings. The van der Waals surface area contributed by atoms with Gasteiger partial charge in [-0.05, 0) is 18.4 Å². The minimum absolute atomic E-state index is 0.423. The molecule has 0 unspecified atom stereocenters. The lowest BCUT2D eigenvalue weighted by Gasteiger charge is -2.03. The standard InChI is InChI=1S/C9H16O3/c1-3-4-5-8(7-12-2)6-9(10)11/h6H,3-5,7H2,1-2H3,(H,10,11). The Hall–Kier alpha value is -0.830. The summed E-state index contributed by atoms with van der Waals surface area (Å²) in [5, 5.41) is 8.48. The zero-order chi connectivity index (χ0) is 9.40. The fourth-order valence-corrected chi connectivity index (χ4v) is 0.950. The van der Waals surface area contributed by atoms with E-state index >= 15 is 0 Å². The number of carboxylic acid groups (broad SMARTS) is 1. The van der Waals surface area contributed by atoms with Crippen LogP contribution in [0.2, 0.25) is 0 Å². The van der Waals surface area contributed by atoms with Crippen molar-refractivity contribution in [1.82, 2.24) is 0 Å². The van der Waals surface area contributed by atoms with E-state index < -0.39 is 5.97 Å². The Labute approximate surface area is 73.0 Å². The van der Waals surface area contributed by atoms with Crippen LogP contribution in [0.5, 0.6) is 0 Å². The normalized spacial score (nSPS) is 11.7. The summed E-state index contributed by atoms with van der Waals surface area (Å²) in [6.45, 7) is 2.50. The van der Waals surface area contributed by atoms with Crippen LogP contribution < -0.4 is 0 Å². The topological polar surface area (TPSA) is 46.5 Å². The number of unbranched alkanes of at least 4 members (excludes halogenated alkanes) is 1. The highest BCUT2D eigenvalue weighted by Gasteiger charge is 1.99. The lowest BCUT2D eigenvalue weighted by atomic mass is 10.1. The third-order valence-corrected chi connectivity index (χ3v) is 1.51. The minimum atomic E-state index is -0.891. The number of ether oxygens (including phenoxy) is 1. The first-order chi connectivity index (χ1) is 5.70. The molecule has 0 radical (unpaired) electrons. The van der Waals surface area contributed by atoms with Crippen LogP contribution in [0.4, 0.5) is 0 Å². The zero-order valence-corrected chi connectivity index (χ0v) is 7.67. The van der Waals surface area contributed by atoms with Gasteiger partial charge in [-0.3, -0.25) is 0 Å². The molecule has 0 rings (SSSR count). The molecule has 0 spiro atoms. The SMILES string of the molecule is CCCCC(=CC(=O)O)COC. The second-order valence-electron chi connectivity index (χ2n) is 2.68. The van der Waals surface area contributed by atoms with Gasteiger partial charge < -0.3 is 9.84 Å². The van der Waals surface area contributed by atoms with Gasteiger partial charge in [-0.2, -0.15) is 0 Å². The molecule has 0 fully saturated rings. The average Bonchev–Trinajstić information content (AvgIpc) is 2.00. The zero-order valence-electron chi connectivity index (χ0n) is 7.67. The third-order valence-electron chi connectivity index (χ3n) is 1.51. The molecule has 3 heteroatoms. The van der Waals surface area contributed by atoms with Crippen LogP contribution in [0.15, 0.2) is 11.6 Å². The maximum Gasteiger partial charge on any atom is 0.328 e. The first kappa shape index (κ1) is 11.2. The fourth-order valence-electron chi connectivity index (χ4n) is 0.950. The van der Waals surface area contributed by atoms with Gasteiger partial charge in [0.25, 0.3) is 0 Å². The molecule has 0 aromatic heterocycles. The van der Waals surface area contributed by atoms with Crippen LogP contribution in [0.25, 0.3) is 0 Å². The van der Waals surface area contributed by atoms with Gasteiger partial charge in [0.1, 0.15) is 0 Å². The molecule has 0 bridgehead atoms. The molecule has 0 saturated carbocycles. The van der Waals surface area contributed by atoms with Crippen LogP contribution in [-0.2, 0) is 9.53 Å². The molecule has 0 heterocycles. The van der Waals surface area contributed by atoms with Crippen molar-refractivity contribution in [2.75, 3.05) is 13.7 Å². The van der Waals surface area contributed by atoms with Crippen molar-refractivity contribution in [3.05, 3.63) is 11.6 Å². The summed E-state index contributed by atoms with van der Waals surface area (Å²) in [5.74, 6) is -0.891. The Morgan fingerprint density at radius 3 is 2.67 bits per heavy atom. The van der Waals surface area contributed by atoms with Crippen molar-refractivity contribution >= 4 is 5.97 Å². The van der Waals surface area contributed by atoms with Crippen molar-refractivity contribution in [3.8, 4) is 0 Å². The second-order valence-corrected chi connectivity index (χ2v) is 2.68. The molecule has 70 valence electrons. The maximum atomic E-state index is 10.3. The molecule has 0 aromatic carbocycles. The highest BCUT2D eigenvalue weighted by molar-refractivity contribution is 5.80. The molecule has 1 N–H and O–H groups in total. The Morgan fingerprint density at radius 2 is 2.25 bits per heavy atom. The largest absolute Gasteiger partial charge is 0.478 e. The lowest BCUT2D eigenvalue weighted by Crippen LogP contribution is -1.99. The van der Waals surface area contributed by atoms with Crippen LogP contribution in [0.1, 0.15) is 26.2 Å². The van der Waals surface area contributed by atoms with E-state index in [2.05, 4.69) is 6.92 Å². The fraction of sp³-hybridized carbons (Fsp3) is 0.667. The molecule has 0 aliphatic carbocycles. The van der Waals surface area contributed by atoms with Gasteiger partial charge in [-0.15, -0.1) is 0 Å². The highest BCUT2D eigenvalue weighted by Crippen LogP contribution is 2.07. The maximum absolute atomic E-state index is 10.3. The Kier molecular flexibility index (Phi) is 6.38. The van der Waals surface area contributed by atoms with E-state index in [0.717, 1.165) is 24.8 Å². The van der Waals surface area contributed by atoms with Gasteiger partial charge in [0.05, 0.1) is 6.61 Å². The van der Waals surface area contributed by atoms with E-state index in [-0.39, 0.29) is 0 Å². The first-order valence-electron chi connectivity index (χ1n) is 4.12. The van der Waals surface area contributed by atoms with Gasteiger partial charge in [0.2, 0.25) is 0 Å². The van der Waals surface area contributed by atoms with Gasteiger partial charge in [0.15, 0.2) is 0 Å². The number of rotatable bonds is 6. The molecular formula is C9H16O3. The first-order valence-corrected chi connectivity index (χ1v) is 4.12. The third kappa shape index (κ3) is 5.92. The number of hydrogen-bond acceptors (Lipinski definition) is 2. The molecule has 0 aromatic rings. The van der Waals surface area contributed by atoms with Crippen molar-refractivity contribution < 1.29 is 14.6 Å². The van der Waals surface area contributed by atoms with Gasteiger partial charge in [0, 0.05) is 13.2 Å². The number of hydrogen-bond donors (Lipinski definition) is 1. The van der Waals surface area contributed by atoms with Crippen molar-refractivity contribution in [1.29, 1.82) is 0 Å². The van der Waals surface area contributed by atoms with E-state index in [1.165, 1.54) is 6.08 Å². The highest BCUT2D eigenvalue weighted by atomic mass is 16.5. The summed E-state index contributed by atoms with van der Waals surface area (Å²) in [6.07, 6.45) is 4.14. The van der Waals surface area contributed by atoms with E-state index in [9.17, 15) is 4.79 Å². The molecule has 0 atom stereocenters. The van der Waals surface area contributed by atoms with E-state index in [0.29, 0.717) is 6.61 Å². The van der Waals surface area contributed by atoms with Crippen LogP contribution in [0.3, 0.4) is 0 Å². The summed E-state index contributed by atoms with van der Waals surface area (Å²) in [4.78, 5) is 10.3. The lowest BCUT2D eigenvalue weighted by molar-refractivity contribution is -0.131. The molecular weight excluding hydrogens is 156 g/mol. The molecule has 12 heavy (non-hydrogen) atoms. The molecule has 0 aliphatic heterocycles. The minimum Gasteiger partial charge on any atom is -0.478 e. The predicted octanol–water partition coefficient (Wildman–Crippen LogP) is 1.83. The Bertz CT molecular complexity index is 161. The quantitative estimate of drug-likeness (QED) is 0.622. The van der Waals surface area contributed by atoms with Crippen LogP contribution in [-0.4, -0.2) is 24.8 Å². The van der Waals surface area contributed by atoms with Gasteiger partial charge in [-0.25, -0.2) is 4.79 Å². The molecule has 0 saturated heterocycles. The Balaban J connectivity index is 3.93. The number of aliphatic carboxylic acids is 1. The van der Waals surface area contributed by atoms with Crippen molar-refractivity contribution in [2.45, 2.75) is 26.2 Å². The average molecular weight is 172 g/mol. The van der Waals surface area contributed by atoms with E-state index in [1.54, 1.807) is 7.11 Å². The van der Waals surface area contributed by atoms with Gasteiger partial charge >= 0.3 is 5.97 Å². The monoisotopic (exact) mass is 172 g/mol. The smallest absolute Gasteiger partial charge is 0.328 e. The number of carboxylic acids is 1. The second kappa shape index (κ2) is 6.85. The molecule has 3 nitrogen and oxygen atoms in total. The predicted molar refractivity (Wildman–Crippen MR) is 47.1 cm³/mol. The number of carbonyl (C=O) groups is 1. The van der Waals surface area contributed by atoms with Crippen molar-refractivity contribution in [3.63, 3.8) is 0 Å². The summed E-state index contributed by atoms with van der Waals surface area (Å²) < 4.78 is 4.87. The van der Waals surface area contributed by atoms with Crippen LogP contribution in [0, 0.1) is 0 Å². The summed E-state index contributed by atoms with van der Waals surface area (Å²) in [6, 6.07) is 0. The Morgan fingerprint density at radius 1 is 1.58 bits per heavy atom. The van der Waals surface area contributed by atoms with Gasteiger partial charge in [-0.1, -0.05) is 13.3 Å². The molecule has 0 amide bonds. The van der Waals surface area contributed by atoms with E-state index in [4.69, 9.17) is 9.84 Å². The van der Waals surface area contributed by atoms with Crippen LogP contribution >= 0.6 is 0 Å². The summed E-state index contributed by atoms with van der Waals surface area (Å²) >= 11 is 0. The van der Waals surface area contributed by atoms with E-state index in [1.807, 2.05) is 0 Å². The van der Waals surface area contributed by atoms with Crippen molar-refractivity contribution in [2.24, 2.45) is 0 Å². The number of methoxy groups -OCH3 is 1.